The van der Waals surface area contributed by atoms with Crippen molar-refractivity contribution in [2.75, 3.05) is 0 Å². The standard InChI is InChI=1S/C12H10N4O/c1-16-7-14-10-6-8(2-3-11(10)16)9-4-5-13-12(17)15-9/h2-7H,1H3,(H,13,15,17). The van der Waals surface area contributed by atoms with Gasteiger partial charge in [0.05, 0.1) is 23.1 Å². The Kier molecular flexibility index (Phi) is 2.04. The monoisotopic (exact) mass is 226 g/mol. The quantitative estimate of drug-likeness (QED) is 0.680. The van der Waals surface area contributed by atoms with Gasteiger partial charge in [-0.2, -0.15) is 0 Å². The Balaban J connectivity index is 2.21. The van der Waals surface area contributed by atoms with E-state index in [9.17, 15) is 4.79 Å². The van der Waals surface area contributed by atoms with E-state index in [1.54, 1.807) is 12.4 Å². The van der Waals surface area contributed by atoms with Crippen molar-refractivity contribution in [3.8, 4) is 11.3 Å². The van der Waals surface area contributed by atoms with Crippen molar-refractivity contribution in [2.45, 2.75) is 0 Å². The van der Waals surface area contributed by atoms with Gasteiger partial charge in [-0.05, 0) is 18.2 Å². The number of fused-ring (bicyclic) bond motifs is 1. The minimum Gasteiger partial charge on any atom is -0.334 e. The molecule has 1 aromatic carbocycles. The fourth-order valence-corrected chi connectivity index (χ4v) is 1.84. The summed E-state index contributed by atoms with van der Waals surface area (Å²) in [5, 5.41) is 0. The number of nitrogens with zero attached hydrogens (tertiary/aromatic N) is 3. The second kappa shape index (κ2) is 3.55. The van der Waals surface area contributed by atoms with Crippen LogP contribution in [0.1, 0.15) is 0 Å². The van der Waals surface area contributed by atoms with Gasteiger partial charge in [-0.25, -0.2) is 14.8 Å². The third-order valence-corrected chi connectivity index (χ3v) is 2.71. The predicted molar refractivity (Wildman–Crippen MR) is 64.6 cm³/mol. The molecule has 3 aromatic rings. The van der Waals surface area contributed by atoms with Crippen LogP contribution in [0.3, 0.4) is 0 Å². The molecule has 0 bridgehead atoms. The minimum absolute atomic E-state index is 0.344. The molecule has 0 aliphatic heterocycles. The molecule has 5 nitrogen and oxygen atoms in total. The third-order valence-electron chi connectivity index (χ3n) is 2.71. The maximum absolute atomic E-state index is 11.1. The molecule has 0 saturated carbocycles. The Morgan fingerprint density at radius 2 is 2.12 bits per heavy atom. The summed E-state index contributed by atoms with van der Waals surface area (Å²) in [5.41, 5.74) is 3.30. The second-order valence-electron chi connectivity index (χ2n) is 3.85. The zero-order valence-corrected chi connectivity index (χ0v) is 9.21. The van der Waals surface area contributed by atoms with Crippen molar-refractivity contribution < 1.29 is 0 Å². The van der Waals surface area contributed by atoms with Crippen LogP contribution in [0.15, 0.2) is 41.6 Å². The van der Waals surface area contributed by atoms with Crippen molar-refractivity contribution in [3.05, 3.63) is 47.3 Å². The lowest BCUT2D eigenvalue weighted by Crippen LogP contribution is -2.09. The van der Waals surface area contributed by atoms with Crippen LogP contribution >= 0.6 is 0 Å². The molecule has 0 atom stereocenters. The smallest absolute Gasteiger partial charge is 0.334 e. The highest BCUT2D eigenvalue weighted by Gasteiger charge is 2.03. The first-order valence-corrected chi connectivity index (χ1v) is 5.21. The predicted octanol–water partition coefficient (Wildman–Crippen LogP) is 1.32. The van der Waals surface area contributed by atoms with Crippen LogP contribution in [-0.4, -0.2) is 19.5 Å². The molecule has 0 amide bonds. The Bertz CT molecular complexity index is 741. The minimum atomic E-state index is -0.344. The molecule has 0 aliphatic rings. The Morgan fingerprint density at radius 3 is 2.94 bits per heavy atom. The fraction of sp³-hybridized carbons (Fsp3) is 0.0833. The van der Waals surface area contributed by atoms with Gasteiger partial charge in [-0.3, -0.25) is 0 Å². The zero-order chi connectivity index (χ0) is 11.8. The molecule has 0 saturated heterocycles. The molecular formula is C12H10N4O. The molecule has 84 valence electrons. The lowest BCUT2D eigenvalue weighted by Gasteiger charge is -2.01. The van der Waals surface area contributed by atoms with E-state index in [4.69, 9.17) is 0 Å². The molecule has 17 heavy (non-hydrogen) atoms. The lowest BCUT2D eigenvalue weighted by molar-refractivity contribution is 0.948. The highest BCUT2D eigenvalue weighted by atomic mass is 16.1. The summed E-state index contributed by atoms with van der Waals surface area (Å²) in [6.07, 6.45) is 3.26. The Labute approximate surface area is 96.8 Å². The largest absolute Gasteiger partial charge is 0.345 e. The van der Waals surface area contributed by atoms with Gasteiger partial charge in [0.15, 0.2) is 0 Å². The van der Waals surface area contributed by atoms with Gasteiger partial charge in [0, 0.05) is 18.8 Å². The van der Waals surface area contributed by atoms with E-state index in [1.165, 1.54) is 6.20 Å². The highest BCUT2D eigenvalue weighted by molar-refractivity contribution is 5.81. The number of benzene rings is 1. The van der Waals surface area contributed by atoms with E-state index in [2.05, 4.69) is 15.0 Å². The zero-order valence-electron chi connectivity index (χ0n) is 9.21. The van der Waals surface area contributed by atoms with E-state index in [0.717, 1.165) is 22.3 Å². The van der Waals surface area contributed by atoms with Crippen molar-refractivity contribution in [3.63, 3.8) is 0 Å². The summed E-state index contributed by atoms with van der Waals surface area (Å²) >= 11 is 0. The van der Waals surface area contributed by atoms with E-state index in [-0.39, 0.29) is 5.69 Å². The average Bonchev–Trinajstić information content (AvgIpc) is 2.71. The first kappa shape index (κ1) is 9.77. The molecule has 0 spiro atoms. The summed E-state index contributed by atoms with van der Waals surface area (Å²) in [5.74, 6) is 0. The van der Waals surface area contributed by atoms with Crippen LogP contribution in [0.5, 0.6) is 0 Å². The average molecular weight is 226 g/mol. The molecule has 0 unspecified atom stereocenters. The van der Waals surface area contributed by atoms with Crippen molar-refractivity contribution in [2.24, 2.45) is 7.05 Å². The van der Waals surface area contributed by atoms with Gasteiger partial charge in [-0.1, -0.05) is 6.07 Å². The lowest BCUT2D eigenvalue weighted by atomic mass is 10.1. The second-order valence-corrected chi connectivity index (χ2v) is 3.85. The summed E-state index contributed by atoms with van der Waals surface area (Å²) < 4.78 is 1.95. The van der Waals surface area contributed by atoms with Crippen LogP contribution in [0.25, 0.3) is 22.3 Å². The summed E-state index contributed by atoms with van der Waals surface area (Å²) in [4.78, 5) is 21.7. The maximum atomic E-state index is 11.1. The molecule has 5 heteroatoms. The first-order valence-electron chi connectivity index (χ1n) is 5.21. The molecule has 3 rings (SSSR count). The maximum Gasteiger partial charge on any atom is 0.345 e. The first-order chi connectivity index (χ1) is 8.24. The van der Waals surface area contributed by atoms with E-state index < -0.39 is 0 Å². The van der Waals surface area contributed by atoms with Crippen molar-refractivity contribution >= 4 is 11.0 Å². The molecule has 0 fully saturated rings. The number of rotatable bonds is 1. The summed E-state index contributed by atoms with van der Waals surface area (Å²) in [7, 11) is 1.95. The number of aryl methyl sites for hydroxylation is 1. The number of imidazole rings is 1. The van der Waals surface area contributed by atoms with Gasteiger partial charge >= 0.3 is 5.69 Å². The van der Waals surface area contributed by atoms with Gasteiger partial charge < -0.3 is 9.55 Å². The van der Waals surface area contributed by atoms with E-state index in [0.29, 0.717) is 0 Å². The molecular weight excluding hydrogens is 216 g/mol. The molecule has 1 N–H and O–H groups in total. The number of nitrogens with one attached hydrogen (secondary N) is 1. The van der Waals surface area contributed by atoms with Crippen LogP contribution in [0, 0.1) is 0 Å². The summed E-state index contributed by atoms with van der Waals surface area (Å²) in [6, 6.07) is 7.65. The van der Waals surface area contributed by atoms with Crippen molar-refractivity contribution in [1.82, 2.24) is 19.5 Å². The molecule has 0 radical (unpaired) electrons. The number of H-pyrrole nitrogens is 1. The van der Waals surface area contributed by atoms with Gasteiger partial charge in [0.25, 0.3) is 0 Å². The van der Waals surface area contributed by atoms with Gasteiger partial charge in [0.1, 0.15) is 0 Å². The highest BCUT2D eigenvalue weighted by Crippen LogP contribution is 2.20. The third kappa shape index (κ3) is 1.61. The molecule has 2 heterocycles. The van der Waals surface area contributed by atoms with Crippen LogP contribution in [0.2, 0.25) is 0 Å². The van der Waals surface area contributed by atoms with Gasteiger partial charge in [0.2, 0.25) is 0 Å². The van der Waals surface area contributed by atoms with Crippen LogP contribution in [-0.2, 0) is 7.05 Å². The van der Waals surface area contributed by atoms with Crippen LogP contribution < -0.4 is 5.69 Å². The Morgan fingerprint density at radius 1 is 1.24 bits per heavy atom. The number of hydrogen-bond acceptors (Lipinski definition) is 3. The normalized spacial score (nSPS) is 10.9. The van der Waals surface area contributed by atoms with Crippen molar-refractivity contribution in [1.29, 1.82) is 0 Å². The van der Waals surface area contributed by atoms with E-state index in [1.807, 2.05) is 29.8 Å². The summed E-state index contributed by atoms with van der Waals surface area (Å²) in [6.45, 7) is 0. The van der Waals surface area contributed by atoms with E-state index >= 15 is 0 Å². The molecule has 0 aliphatic carbocycles. The number of aromatic nitrogens is 4. The van der Waals surface area contributed by atoms with Crippen LogP contribution in [0.4, 0.5) is 0 Å². The van der Waals surface area contributed by atoms with Gasteiger partial charge in [-0.15, -0.1) is 0 Å². The Hall–Kier alpha value is -2.43. The molecule has 2 aromatic heterocycles. The number of aromatic amines is 1. The fourth-order valence-electron chi connectivity index (χ4n) is 1.84. The topological polar surface area (TPSA) is 63.6 Å². The number of hydrogen-bond donors (Lipinski definition) is 1. The SMILES string of the molecule is Cn1cnc2cc(-c3ccnc(=O)[nH]3)ccc21.